The van der Waals surface area contributed by atoms with E-state index in [4.69, 9.17) is 4.74 Å². The fourth-order valence-corrected chi connectivity index (χ4v) is 5.70. The second-order valence-electron chi connectivity index (χ2n) is 9.71. The zero-order valence-electron chi connectivity index (χ0n) is 22.0. The van der Waals surface area contributed by atoms with E-state index in [2.05, 4.69) is 22.8 Å². The third kappa shape index (κ3) is 5.85. The van der Waals surface area contributed by atoms with E-state index in [1.807, 2.05) is 41.3 Å². The SMILES string of the molecule is Cc1c(CNC(=O)OCC2c3ccccc3-c3ccccc32)cc(N2CCNCC2)c(C)c1[B-](F)(F)F.[K+]. The molecule has 0 bridgehead atoms. The summed E-state index contributed by atoms with van der Waals surface area (Å²) < 4.78 is 47.9. The number of hydrogen-bond donors (Lipinski definition) is 2. The van der Waals surface area contributed by atoms with Gasteiger partial charge < -0.3 is 33.2 Å². The second kappa shape index (κ2) is 12.1. The molecule has 0 unspecified atom stereocenters. The van der Waals surface area contributed by atoms with Gasteiger partial charge in [0, 0.05) is 44.3 Å². The number of alkyl carbamates (subject to hydrolysis) is 1. The molecule has 1 saturated heterocycles. The molecule has 0 saturated carbocycles. The van der Waals surface area contributed by atoms with Crippen molar-refractivity contribution in [2.45, 2.75) is 26.3 Å². The fourth-order valence-electron chi connectivity index (χ4n) is 5.70. The number of carbonyl (C=O) groups excluding carboxylic acids is 1. The van der Waals surface area contributed by atoms with E-state index >= 15 is 0 Å². The molecular weight excluding hydrogens is 517 g/mol. The van der Waals surface area contributed by atoms with Crippen molar-refractivity contribution >= 4 is 24.2 Å². The number of carbonyl (C=O) groups is 1. The third-order valence-corrected chi connectivity index (χ3v) is 7.54. The van der Waals surface area contributed by atoms with Crippen LogP contribution in [0.15, 0.2) is 54.6 Å². The first-order valence-electron chi connectivity index (χ1n) is 12.6. The Bertz CT molecular complexity index is 1280. The predicted molar refractivity (Wildman–Crippen MR) is 142 cm³/mol. The zero-order chi connectivity index (χ0) is 26.2. The molecule has 2 aliphatic rings. The van der Waals surface area contributed by atoms with Gasteiger partial charge in [-0.2, -0.15) is 0 Å². The summed E-state index contributed by atoms with van der Waals surface area (Å²) in [5, 5.41) is 5.92. The number of hydrogen-bond acceptors (Lipinski definition) is 4. The maximum atomic E-state index is 14.1. The van der Waals surface area contributed by atoms with E-state index in [0.29, 0.717) is 37.4 Å². The molecule has 1 aliphatic carbocycles. The quantitative estimate of drug-likeness (QED) is 0.463. The molecule has 1 heterocycles. The van der Waals surface area contributed by atoms with Crippen molar-refractivity contribution in [1.29, 1.82) is 0 Å². The van der Waals surface area contributed by atoms with Crippen LogP contribution in [-0.4, -0.2) is 45.9 Å². The average molecular weight is 547 g/mol. The number of halogens is 3. The van der Waals surface area contributed by atoms with Gasteiger partial charge in [0.2, 0.25) is 0 Å². The molecule has 1 aliphatic heterocycles. The van der Waals surface area contributed by atoms with Crippen molar-refractivity contribution in [3.63, 3.8) is 0 Å². The molecule has 0 atom stereocenters. The molecule has 5 rings (SSSR count). The van der Waals surface area contributed by atoms with Crippen molar-refractivity contribution in [2.24, 2.45) is 0 Å². The van der Waals surface area contributed by atoms with Crippen LogP contribution in [0.25, 0.3) is 11.1 Å². The topological polar surface area (TPSA) is 53.6 Å². The van der Waals surface area contributed by atoms with Crippen LogP contribution in [-0.2, 0) is 11.3 Å². The van der Waals surface area contributed by atoms with E-state index < -0.39 is 18.5 Å². The maximum Gasteiger partial charge on any atom is 1.00 e. The number of nitrogens with one attached hydrogen (secondary N) is 2. The Morgan fingerprint density at radius 3 is 2.16 bits per heavy atom. The Labute approximate surface area is 264 Å². The van der Waals surface area contributed by atoms with E-state index in [1.165, 1.54) is 13.8 Å². The number of piperazine rings is 1. The number of rotatable bonds is 6. The second-order valence-corrected chi connectivity index (χ2v) is 9.71. The number of amides is 1. The molecule has 194 valence electrons. The van der Waals surface area contributed by atoms with Crippen LogP contribution in [0.2, 0.25) is 0 Å². The number of fused-ring (bicyclic) bond motifs is 3. The summed E-state index contributed by atoms with van der Waals surface area (Å²) >= 11 is 0. The van der Waals surface area contributed by atoms with Crippen LogP contribution in [0.3, 0.4) is 0 Å². The van der Waals surface area contributed by atoms with Gasteiger partial charge >= 0.3 is 64.5 Å². The zero-order valence-corrected chi connectivity index (χ0v) is 25.1. The molecule has 0 radical (unpaired) electrons. The van der Waals surface area contributed by atoms with Gasteiger partial charge in [-0.25, -0.2) is 4.79 Å². The minimum Gasteiger partial charge on any atom is -0.449 e. The third-order valence-electron chi connectivity index (χ3n) is 7.54. The molecule has 3 aromatic rings. The first-order valence-corrected chi connectivity index (χ1v) is 12.6. The van der Waals surface area contributed by atoms with Gasteiger partial charge in [0.25, 0.3) is 0 Å². The molecule has 3 aromatic carbocycles. The molecule has 1 fully saturated rings. The minimum absolute atomic E-state index is 0. The summed E-state index contributed by atoms with van der Waals surface area (Å²) in [6.45, 7) is 0.612. The van der Waals surface area contributed by atoms with Crippen LogP contribution in [0, 0.1) is 13.8 Å². The van der Waals surface area contributed by atoms with Crippen LogP contribution >= 0.6 is 0 Å². The Morgan fingerprint density at radius 1 is 1.00 bits per heavy atom. The van der Waals surface area contributed by atoms with Gasteiger partial charge in [0.15, 0.2) is 0 Å². The van der Waals surface area contributed by atoms with Crippen molar-refractivity contribution in [3.05, 3.63) is 82.4 Å². The van der Waals surface area contributed by atoms with Gasteiger partial charge in [-0.1, -0.05) is 59.7 Å². The monoisotopic (exact) mass is 547 g/mol. The fraction of sp³-hybridized carbons (Fsp3) is 0.321. The minimum atomic E-state index is -5.21. The van der Waals surface area contributed by atoms with E-state index in [0.717, 1.165) is 22.3 Å². The predicted octanol–water partition coefficient (Wildman–Crippen LogP) is 1.81. The standard InChI is InChI=1S/C28H30BF3N3O2.K/c1-18-20(15-26(35-13-11-33-12-14-35)19(2)27(18)29(30,31)32)16-34-28(36)37-17-25-23-9-5-3-7-21(23)22-8-4-6-10-24(22)25;/h3-10,15,25,33H,11-14,16-17H2,1-2H3,(H,34,36);/q-1;+1. The molecule has 5 nitrogen and oxygen atoms in total. The molecule has 2 N–H and O–H groups in total. The van der Waals surface area contributed by atoms with Crippen LogP contribution in [0.4, 0.5) is 23.4 Å². The Morgan fingerprint density at radius 2 is 1.58 bits per heavy atom. The van der Waals surface area contributed by atoms with Gasteiger partial charge in [-0.05, 0) is 47.7 Å². The molecule has 10 heteroatoms. The van der Waals surface area contributed by atoms with Crippen LogP contribution in [0.5, 0.6) is 0 Å². The van der Waals surface area contributed by atoms with E-state index in [-0.39, 0.29) is 81.6 Å². The van der Waals surface area contributed by atoms with Crippen molar-refractivity contribution < 1.29 is 73.9 Å². The number of ether oxygens (including phenoxy) is 1. The summed E-state index contributed by atoms with van der Waals surface area (Å²) in [5.41, 5.74) is 5.31. The van der Waals surface area contributed by atoms with Crippen molar-refractivity contribution in [2.75, 3.05) is 37.7 Å². The van der Waals surface area contributed by atoms with E-state index in [1.54, 1.807) is 6.07 Å². The van der Waals surface area contributed by atoms with Crippen LogP contribution < -0.4 is 72.4 Å². The van der Waals surface area contributed by atoms with Crippen molar-refractivity contribution in [3.8, 4) is 11.1 Å². The molecule has 0 spiro atoms. The smallest absolute Gasteiger partial charge is 0.449 e. The Balaban J connectivity index is 0.00000336. The summed E-state index contributed by atoms with van der Waals surface area (Å²) in [6.07, 6.45) is -0.648. The molecule has 0 aromatic heterocycles. The van der Waals surface area contributed by atoms with Gasteiger partial charge in [0.1, 0.15) is 6.61 Å². The largest absolute Gasteiger partial charge is 1.00 e. The summed E-state index contributed by atoms with van der Waals surface area (Å²) in [6, 6.07) is 17.9. The normalized spacial score (nSPS) is 14.9. The summed E-state index contributed by atoms with van der Waals surface area (Å²) in [4.78, 5) is 14.7. The van der Waals surface area contributed by atoms with Gasteiger partial charge in [-0.15, -0.1) is 5.46 Å². The average Bonchev–Trinajstić information content (AvgIpc) is 3.20. The van der Waals surface area contributed by atoms with Gasteiger partial charge in [-0.3, -0.25) is 0 Å². The summed E-state index contributed by atoms with van der Waals surface area (Å²) in [7, 11) is 0. The Kier molecular flexibility index (Phi) is 9.32. The van der Waals surface area contributed by atoms with Crippen LogP contribution in [0.1, 0.15) is 33.7 Å². The molecular formula is C28H30BF3KN3O2. The van der Waals surface area contributed by atoms with E-state index in [9.17, 15) is 17.7 Å². The Hall–Kier alpha value is -1.82. The first kappa shape index (κ1) is 29.2. The first-order chi connectivity index (χ1) is 17.8. The van der Waals surface area contributed by atoms with Crippen molar-refractivity contribution in [1.82, 2.24) is 10.6 Å². The maximum absolute atomic E-state index is 14.1. The molecule has 38 heavy (non-hydrogen) atoms. The van der Waals surface area contributed by atoms with Gasteiger partial charge in [0.05, 0.1) is 0 Å². The number of anilines is 1. The number of benzene rings is 3. The molecule has 1 amide bonds. The number of nitrogens with zero attached hydrogens (tertiary/aromatic N) is 1. The summed E-state index contributed by atoms with van der Waals surface area (Å²) in [5.74, 6) is -0.0851.